The summed E-state index contributed by atoms with van der Waals surface area (Å²) >= 11 is 0. The molecule has 0 amide bonds. The maximum Gasteiger partial charge on any atom is 1.00 e. The van der Waals surface area contributed by atoms with E-state index in [4.69, 9.17) is 0 Å². The summed E-state index contributed by atoms with van der Waals surface area (Å²) in [5.74, 6) is -0.980. The Bertz CT molecular complexity index is 384. The molecule has 0 bridgehead atoms. The van der Waals surface area contributed by atoms with Gasteiger partial charge in [-0.3, -0.25) is 0 Å². The van der Waals surface area contributed by atoms with Gasteiger partial charge < -0.3 is 15.0 Å². The Labute approximate surface area is 163 Å². The second-order valence-electron chi connectivity index (χ2n) is 5.20. The number of allylic oxidation sites excluding steroid dienone is 7. The maximum atomic E-state index is 10.2. The van der Waals surface area contributed by atoms with Crippen molar-refractivity contribution in [2.24, 2.45) is 0 Å². The van der Waals surface area contributed by atoms with Crippen molar-refractivity contribution >= 4 is 5.97 Å². The predicted molar refractivity (Wildman–Crippen MR) is 90.2 cm³/mol. The Morgan fingerprint density at radius 1 is 1.04 bits per heavy atom. The summed E-state index contributed by atoms with van der Waals surface area (Å²) in [6, 6.07) is 0. The number of aliphatic hydroxyl groups excluding tert-OH is 1. The normalized spacial score (nSPS) is 13.3. The SMILES string of the molecule is CCCC[C@H](O)/C=C/C=C\C/C=C\C/C=C\CCCC(=O)[O-].[Na+]. The summed E-state index contributed by atoms with van der Waals surface area (Å²) in [6.07, 6.45) is 21.9. The fraction of sp³-hybridized carbons (Fsp3) is 0.526. The first-order chi connectivity index (χ1) is 10.7. The van der Waals surface area contributed by atoms with Crippen molar-refractivity contribution in [1.29, 1.82) is 0 Å². The zero-order valence-corrected chi connectivity index (χ0v) is 16.6. The van der Waals surface area contributed by atoms with Crippen molar-refractivity contribution in [3.63, 3.8) is 0 Å². The van der Waals surface area contributed by atoms with Gasteiger partial charge in [-0.1, -0.05) is 68.4 Å². The van der Waals surface area contributed by atoms with Gasteiger partial charge in [0.2, 0.25) is 0 Å². The molecule has 4 heteroatoms. The molecule has 0 aromatic carbocycles. The van der Waals surface area contributed by atoms with E-state index >= 15 is 0 Å². The van der Waals surface area contributed by atoms with E-state index in [0.717, 1.165) is 38.5 Å². The molecule has 0 heterocycles. The fourth-order valence-corrected chi connectivity index (χ4v) is 1.79. The van der Waals surface area contributed by atoms with Crippen LogP contribution in [0.5, 0.6) is 0 Å². The van der Waals surface area contributed by atoms with Crippen LogP contribution in [-0.4, -0.2) is 17.2 Å². The van der Waals surface area contributed by atoms with Gasteiger partial charge in [-0.2, -0.15) is 0 Å². The van der Waals surface area contributed by atoms with Crippen LogP contribution in [0.2, 0.25) is 0 Å². The van der Waals surface area contributed by atoms with Gasteiger partial charge in [0.1, 0.15) is 0 Å². The minimum absolute atomic E-state index is 0. The average Bonchev–Trinajstić information content (AvgIpc) is 2.49. The molecular formula is C19H29NaO3. The first kappa shape index (κ1) is 24.6. The van der Waals surface area contributed by atoms with Crippen molar-refractivity contribution < 1.29 is 44.6 Å². The van der Waals surface area contributed by atoms with Gasteiger partial charge in [-0.15, -0.1) is 0 Å². The first-order valence-corrected chi connectivity index (χ1v) is 8.18. The van der Waals surface area contributed by atoms with Gasteiger partial charge in [0, 0.05) is 5.97 Å². The molecule has 0 aliphatic heterocycles. The van der Waals surface area contributed by atoms with Crippen LogP contribution in [0, 0.1) is 0 Å². The van der Waals surface area contributed by atoms with Gasteiger partial charge in [0.15, 0.2) is 0 Å². The number of aliphatic hydroxyl groups is 1. The summed E-state index contributed by atoms with van der Waals surface area (Å²) in [7, 11) is 0. The molecule has 0 rings (SSSR count). The number of hydrogen-bond donors (Lipinski definition) is 1. The molecule has 124 valence electrons. The van der Waals surface area contributed by atoms with Gasteiger partial charge in [-0.05, 0) is 38.5 Å². The van der Waals surface area contributed by atoms with E-state index in [2.05, 4.69) is 19.1 Å². The largest absolute Gasteiger partial charge is 1.00 e. The van der Waals surface area contributed by atoms with E-state index in [1.54, 1.807) is 0 Å². The van der Waals surface area contributed by atoms with Crippen LogP contribution in [0.25, 0.3) is 0 Å². The molecule has 1 N–H and O–H groups in total. The van der Waals surface area contributed by atoms with Crippen molar-refractivity contribution in [1.82, 2.24) is 0 Å². The third kappa shape index (κ3) is 21.4. The second-order valence-corrected chi connectivity index (χ2v) is 5.20. The minimum Gasteiger partial charge on any atom is -0.550 e. The number of carbonyl (C=O) groups excluding carboxylic acids is 1. The van der Waals surface area contributed by atoms with Gasteiger partial charge in [0.05, 0.1) is 6.10 Å². The Morgan fingerprint density at radius 2 is 1.70 bits per heavy atom. The third-order valence-electron chi connectivity index (χ3n) is 3.06. The first-order valence-electron chi connectivity index (χ1n) is 8.18. The monoisotopic (exact) mass is 328 g/mol. The fourth-order valence-electron chi connectivity index (χ4n) is 1.79. The maximum absolute atomic E-state index is 10.2. The van der Waals surface area contributed by atoms with Crippen LogP contribution >= 0.6 is 0 Å². The van der Waals surface area contributed by atoms with Crippen LogP contribution in [0.3, 0.4) is 0 Å². The summed E-state index contributed by atoms with van der Waals surface area (Å²) in [5.41, 5.74) is 0. The number of carbonyl (C=O) groups is 1. The molecule has 0 aromatic heterocycles. The van der Waals surface area contributed by atoms with Gasteiger partial charge >= 0.3 is 29.6 Å². The standard InChI is InChI=1S/C19H30O3.Na/c1-2-3-15-18(20)16-13-11-9-7-5-4-6-8-10-12-14-17-19(21)22;/h4-5,8-11,13,16,18,20H,2-3,6-7,12,14-15,17H2,1H3,(H,21,22);/q;+1/p-1/b5-4-,10-8-,11-9-,16-13+;/t18-;/m0./s1. The Morgan fingerprint density at radius 3 is 2.35 bits per heavy atom. The van der Waals surface area contributed by atoms with Crippen molar-refractivity contribution in [3.8, 4) is 0 Å². The molecular weight excluding hydrogens is 299 g/mol. The third-order valence-corrected chi connectivity index (χ3v) is 3.06. The zero-order chi connectivity index (χ0) is 16.5. The number of rotatable bonds is 13. The molecule has 0 radical (unpaired) electrons. The molecule has 0 saturated carbocycles. The smallest absolute Gasteiger partial charge is 0.550 e. The van der Waals surface area contributed by atoms with E-state index in [-0.39, 0.29) is 42.1 Å². The van der Waals surface area contributed by atoms with E-state index in [0.29, 0.717) is 6.42 Å². The Balaban J connectivity index is 0. The Kier molecular flexibility index (Phi) is 20.8. The zero-order valence-electron chi connectivity index (χ0n) is 14.6. The number of hydrogen-bond acceptors (Lipinski definition) is 3. The number of unbranched alkanes of at least 4 members (excludes halogenated alkanes) is 2. The molecule has 1 atom stereocenters. The van der Waals surface area contributed by atoms with E-state index in [1.807, 2.05) is 36.5 Å². The molecule has 0 spiro atoms. The summed E-state index contributed by atoms with van der Waals surface area (Å²) in [4.78, 5) is 10.2. The molecule has 23 heavy (non-hydrogen) atoms. The van der Waals surface area contributed by atoms with Crippen LogP contribution in [0.15, 0.2) is 48.6 Å². The Hall–Kier alpha value is -0.610. The van der Waals surface area contributed by atoms with Crippen molar-refractivity contribution in [2.75, 3.05) is 0 Å². The van der Waals surface area contributed by atoms with E-state index < -0.39 is 5.97 Å². The second kappa shape index (κ2) is 19.4. The molecule has 0 aromatic rings. The van der Waals surface area contributed by atoms with Crippen LogP contribution in [-0.2, 0) is 4.79 Å². The predicted octanol–water partition coefficient (Wildman–Crippen LogP) is 0.467. The molecule has 0 aliphatic rings. The average molecular weight is 328 g/mol. The van der Waals surface area contributed by atoms with Crippen molar-refractivity contribution in [3.05, 3.63) is 48.6 Å². The van der Waals surface area contributed by atoms with Gasteiger partial charge in [0.25, 0.3) is 0 Å². The van der Waals surface area contributed by atoms with Crippen molar-refractivity contribution in [2.45, 2.75) is 64.4 Å². The molecule has 0 aliphatic carbocycles. The topological polar surface area (TPSA) is 60.4 Å². The van der Waals surface area contributed by atoms with E-state index in [1.165, 1.54) is 0 Å². The number of carboxylic acids is 1. The molecule has 3 nitrogen and oxygen atoms in total. The minimum atomic E-state index is -0.980. The number of aliphatic carboxylic acids is 1. The molecule has 0 fully saturated rings. The number of carboxylic acid groups (broad SMARTS) is 1. The molecule has 0 saturated heterocycles. The van der Waals surface area contributed by atoms with Crippen LogP contribution in [0.1, 0.15) is 58.3 Å². The summed E-state index contributed by atoms with van der Waals surface area (Å²) in [5, 5.41) is 19.8. The van der Waals surface area contributed by atoms with E-state index in [9.17, 15) is 15.0 Å². The van der Waals surface area contributed by atoms with Crippen LogP contribution < -0.4 is 34.7 Å². The summed E-state index contributed by atoms with van der Waals surface area (Å²) < 4.78 is 0. The van der Waals surface area contributed by atoms with Gasteiger partial charge in [-0.25, -0.2) is 0 Å². The molecule has 0 unspecified atom stereocenters. The van der Waals surface area contributed by atoms with Crippen LogP contribution in [0.4, 0.5) is 0 Å². The summed E-state index contributed by atoms with van der Waals surface area (Å²) in [6.45, 7) is 2.12. The quantitative estimate of drug-likeness (QED) is 0.231.